The molecule has 0 aliphatic carbocycles. The number of nitrogens with one attached hydrogen (secondary N) is 1. The molecule has 33 heavy (non-hydrogen) atoms. The maximum Gasteiger partial charge on any atom is 0.267 e. The third kappa shape index (κ3) is 4.95. The highest BCUT2D eigenvalue weighted by Gasteiger charge is 2.11. The van der Waals surface area contributed by atoms with E-state index in [0.717, 1.165) is 33.5 Å². The monoisotopic (exact) mass is 440 g/mol. The highest BCUT2D eigenvalue weighted by atomic mass is 16.2. The fourth-order valence-corrected chi connectivity index (χ4v) is 3.77. The second kappa shape index (κ2) is 9.04. The maximum atomic E-state index is 12.7. The second-order valence-corrected chi connectivity index (χ2v) is 7.91. The van der Waals surface area contributed by atoms with Crippen molar-refractivity contribution in [2.45, 2.75) is 26.8 Å². The van der Waals surface area contributed by atoms with Crippen molar-refractivity contribution in [3.8, 4) is 0 Å². The van der Waals surface area contributed by atoms with Gasteiger partial charge in [-0.25, -0.2) is 9.97 Å². The molecular weight excluding hydrogens is 416 g/mol. The number of nitrogen functional groups attached to an aromatic ring is 1. The van der Waals surface area contributed by atoms with Crippen LogP contribution >= 0.6 is 0 Å². The van der Waals surface area contributed by atoms with Gasteiger partial charge in [-0.15, -0.1) is 0 Å². The molecule has 3 heterocycles. The Morgan fingerprint density at radius 1 is 1.00 bits per heavy atom. The third-order valence-corrected chi connectivity index (χ3v) is 5.47. The minimum Gasteiger partial charge on any atom is -0.384 e. The fourth-order valence-electron chi connectivity index (χ4n) is 3.77. The zero-order chi connectivity index (χ0) is 23.5. The number of aromatic nitrogens is 3. The number of carbonyl (C=O) groups excluding carboxylic acids is 2. The summed E-state index contributed by atoms with van der Waals surface area (Å²) in [6.45, 7) is 4.19. The molecule has 0 aliphatic heterocycles. The second-order valence-electron chi connectivity index (χ2n) is 7.91. The van der Waals surface area contributed by atoms with Crippen LogP contribution in [0.2, 0.25) is 0 Å². The molecule has 8 heteroatoms. The number of amides is 2. The Kier molecular flexibility index (Phi) is 5.99. The highest BCUT2D eigenvalue weighted by Crippen LogP contribution is 2.18. The molecule has 0 radical (unpaired) electrons. The van der Waals surface area contributed by atoms with Crippen LogP contribution in [0, 0.1) is 13.8 Å². The summed E-state index contributed by atoms with van der Waals surface area (Å²) >= 11 is 0. The molecule has 8 nitrogen and oxygen atoms in total. The van der Waals surface area contributed by atoms with Crippen molar-refractivity contribution >= 4 is 28.5 Å². The smallest absolute Gasteiger partial charge is 0.267 e. The lowest BCUT2D eigenvalue weighted by molar-refractivity contribution is 0.0949. The number of aryl methyl sites for hydroxylation is 2. The number of nitrogens with two attached hydrogens (primary N) is 2. The van der Waals surface area contributed by atoms with Crippen molar-refractivity contribution in [2.75, 3.05) is 5.73 Å². The number of rotatable bonds is 6. The Morgan fingerprint density at radius 2 is 1.82 bits per heavy atom. The Bertz CT molecular complexity index is 1360. The quantitative estimate of drug-likeness (QED) is 0.422. The van der Waals surface area contributed by atoms with Crippen LogP contribution in [-0.4, -0.2) is 26.8 Å². The normalized spacial score (nSPS) is 10.8. The first-order valence-electron chi connectivity index (χ1n) is 10.5. The molecule has 166 valence electrons. The first-order valence-corrected chi connectivity index (χ1v) is 10.5. The van der Waals surface area contributed by atoms with E-state index >= 15 is 0 Å². The molecule has 0 fully saturated rings. The van der Waals surface area contributed by atoms with Gasteiger partial charge in [0, 0.05) is 41.5 Å². The lowest BCUT2D eigenvalue weighted by atomic mass is 10.0. The van der Waals surface area contributed by atoms with Crippen LogP contribution in [0.15, 0.2) is 54.7 Å². The number of nitrogens with zero attached hydrogens (tertiary/aromatic N) is 3. The van der Waals surface area contributed by atoms with Crippen LogP contribution in [0.25, 0.3) is 10.9 Å². The summed E-state index contributed by atoms with van der Waals surface area (Å²) in [5.41, 5.74) is 17.1. The summed E-state index contributed by atoms with van der Waals surface area (Å²) < 4.78 is 0. The molecule has 4 rings (SSSR count). The predicted octanol–water partition coefficient (Wildman–Crippen LogP) is 2.84. The zero-order valence-corrected chi connectivity index (χ0v) is 18.4. The molecule has 1 aromatic carbocycles. The van der Waals surface area contributed by atoms with E-state index in [0.29, 0.717) is 29.9 Å². The van der Waals surface area contributed by atoms with Crippen molar-refractivity contribution < 1.29 is 9.59 Å². The molecule has 0 unspecified atom stereocenters. The lowest BCUT2D eigenvalue weighted by Crippen LogP contribution is -2.24. The van der Waals surface area contributed by atoms with Crippen LogP contribution < -0.4 is 16.8 Å². The van der Waals surface area contributed by atoms with Gasteiger partial charge in [-0.05, 0) is 66.9 Å². The SMILES string of the molecule is Cc1cc(N)nc(C)c1CNC(=O)c1ccnc(Cc2ccc3nc(C(N)=O)ccc3c2)c1. The molecule has 0 saturated heterocycles. The van der Waals surface area contributed by atoms with E-state index in [9.17, 15) is 9.59 Å². The van der Waals surface area contributed by atoms with Gasteiger partial charge in [0.05, 0.1) is 5.52 Å². The Morgan fingerprint density at radius 3 is 2.58 bits per heavy atom. The predicted molar refractivity (Wildman–Crippen MR) is 127 cm³/mol. The average Bonchev–Trinajstić information content (AvgIpc) is 2.78. The van der Waals surface area contributed by atoms with Crippen molar-refractivity contribution in [1.29, 1.82) is 0 Å². The zero-order valence-electron chi connectivity index (χ0n) is 18.4. The van der Waals surface area contributed by atoms with Gasteiger partial charge in [0.2, 0.25) is 0 Å². The minimum absolute atomic E-state index is 0.184. The van der Waals surface area contributed by atoms with Crippen molar-refractivity contribution in [3.63, 3.8) is 0 Å². The summed E-state index contributed by atoms with van der Waals surface area (Å²) in [4.78, 5) is 37.0. The Labute approximate surface area is 191 Å². The summed E-state index contributed by atoms with van der Waals surface area (Å²) in [5.74, 6) is -0.272. The number of hydrogen-bond donors (Lipinski definition) is 3. The largest absolute Gasteiger partial charge is 0.384 e. The molecule has 4 aromatic rings. The van der Waals surface area contributed by atoms with E-state index in [1.54, 1.807) is 30.5 Å². The van der Waals surface area contributed by atoms with E-state index in [1.807, 2.05) is 38.1 Å². The summed E-state index contributed by atoms with van der Waals surface area (Å²) in [6.07, 6.45) is 2.18. The standard InChI is InChI=1S/C25H24N6O2/c1-14-9-23(26)30-15(2)20(14)13-29-25(33)18-7-8-28-19(12-18)11-16-3-5-21-17(10-16)4-6-22(31-21)24(27)32/h3-10,12H,11,13H2,1-2H3,(H2,26,30)(H2,27,32)(H,29,33). The molecule has 5 N–H and O–H groups in total. The van der Waals surface area contributed by atoms with Crippen molar-refractivity contribution in [2.24, 2.45) is 5.73 Å². The Hall–Kier alpha value is -4.33. The van der Waals surface area contributed by atoms with Crippen LogP contribution in [-0.2, 0) is 13.0 Å². The number of fused-ring (bicyclic) bond motifs is 1. The maximum absolute atomic E-state index is 12.7. The molecular formula is C25H24N6O2. The van der Waals surface area contributed by atoms with Gasteiger partial charge in [-0.2, -0.15) is 0 Å². The number of hydrogen-bond acceptors (Lipinski definition) is 6. The van der Waals surface area contributed by atoms with Crippen LogP contribution in [0.5, 0.6) is 0 Å². The minimum atomic E-state index is -0.557. The van der Waals surface area contributed by atoms with Gasteiger partial charge >= 0.3 is 0 Å². The number of primary amides is 1. The van der Waals surface area contributed by atoms with Gasteiger partial charge in [0.25, 0.3) is 11.8 Å². The molecule has 3 aromatic heterocycles. The number of benzene rings is 1. The topological polar surface area (TPSA) is 137 Å². The van der Waals surface area contributed by atoms with Gasteiger partial charge < -0.3 is 16.8 Å². The Balaban J connectivity index is 1.48. The molecule has 0 saturated carbocycles. The first kappa shape index (κ1) is 21.9. The van der Waals surface area contributed by atoms with Crippen LogP contribution in [0.3, 0.4) is 0 Å². The van der Waals surface area contributed by atoms with Crippen molar-refractivity contribution in [3.05, 3.63) is 94.1 Å². The molecule has 0 atom stereocenters. The van der Waals surface area contributed by atoms with E-state index in [4.69, 9.17) is 11.5 Å². The van der Waals surface area contributed by atoms with E-state index in [2.05, 4.69) is 20.3 Å². The van der Waals surface area contributed by atoms with Crippen molar-refractivity contribution in [1.82, 2.24) is 20.3 Å². The van der Waals surface area contributed by atoms with E-state index < -0.39 is 5.91 Å². The van der Waals surface area contributed by atoms with Gasteiger partial charge in [-0.3, -0.25) is 14.6 Å². The van der Waals surface area contributed by atoms with E-state index in [-0.39, 0.29) is 11.6 Å². The summed E-state index contributed by atoms with van der Waals surface area (Å²) in [7, 11) is 0. The number of carbonyl (C=O) groups is 2. The molecule has 0 aliphatic rings. The first-order chi connectivity index (χ1) is 15.8. The van der Waals surface area contributed by atoms with E-state index in [1.165, 1.54) is 0 Å². The van der Waals surface area contributed by atoms with Crippen LogP contribution in [0.1, 0.15) is 48.9 Å². The van der Waals surface area contributed by atoms with Gasteiger partial charge in [0.15, 0.2) is 0 Å². The molecule has 0 spiro atoms. The lowest BCUT2D eigenvalue weighted by Gasteiger charge is -2.12. The molecule has 2 amide bonds. The molecule has 0 bridgehead atoms. The van der Waals surface area contributed by atoms with Crippen LogP contribution in [0.4, 0.5) is 5.82 Å². The van der Waals surface area contributed by atoms with Gasteiger partial charge in [0.1, 0.15) is 11.5 Å². The highest BCUT2D eigenvalue weighted by molar-refractivity contribution is 5.94. The number of anilines is 1. The van der Waals surface area contributed by atoms with Gasteiger partial charge in [-0.1, -0.05) is 12.1 Å². The summed E-state index contributed by atoms with van der Waals surface area (Å²) in [6, 6.07) is 14.5. The third-order valence-electron chi connectivity index (χ3n) is 5.47. The fraction of sp³-hybridized carbons (Fsp3) is 0.160. The average molecular weight is 441 g/mol. The number of pyridine rings is 3. The summed E-state index contributed by atoms with van der Waals surface area (Å²) in [5, 5.41) is 3.85.